The van der Waals surface area contributed by atoms with Crippen molar-refractivity contribution in [2.24, 2.45) is 0 Å². The van der Waals surface area contributed by atoms with Gasteiger partial charge in [0, 0.05) is 4.90 Å². The fourth-order valence-corrected chi connectivity index (χ4v) is 3.46. The Labute approximate surface area is 166 Å². The number of para-hydroxylation sites is 2. The summed E-state index contributed by atoms with van der Waals surface area (Å²) in [5, 5.41) is 2.87. The summed E-state index contributed by atoms with van der Waals surface area (Å²) in [7, 11) is 1.63. The van der Waals surface area contributed by atoms with Gasteiger partial charge in [-0.2, -0.15) is 0 Å². The number of ether oxygens (including phenoxy) is 1. The van der Waals surface area contributed by atoms with Gasteiger partial charge in [-0.15, -0.1) is 11.8 Å². The molecule has 2 aromatic carbocycles. The van der Waals surface area contributed by atoms with Crippen LogP contribution in [0.15, 0.2) is 78.1 Å². The summed E-state index contributed by atoms with van der Waals surface area (Å²) in [6.07, 6.45) is 3.40. The van der Waals surface area contributed by atoms with Gasteiger partial charge in [0.2, 0.25) is 5.91 Å². The largest absolute Gasteiger partial charge is 0.497 e. The third kappa shape index (κ3) is 3.99. The minimum absolute atomic E-state index is 0.0801. The minimum Gasteiger partial charge on any atom is -0.497 e. The van der Waals surface area contributed by atoms with Crippen molar-refractivity contribution in [3.63, 3.8) is 0 Å². The van der Waals surface area contributed by atoms with Crippen LogP contribution in [0.3, 0.4) is 0 Å². The van der Waals surface area contributed by atoms with Gasteiger partial charge < -0.3 is 10.1 Å². The number of benzene rings is 2. The topological polar surface area (TPSA) is 69.0 Å². The third-order valence-corrected chi connectivity index (χ3v) is 5.17. The molecule has 140 valence electrons. The van der Waals surface area contributed by atoms with Crippen LogP contribution in [0.4, 0.5) is 5.69 Å². The van der Waals surface area contributed by atoms with E-state index in [-0.39, 0.29) is 5.91 Å². The number of nitrogens with zero attached hydrogens (tertiary/aromatic N) is 3. The van der Waals surface area contributed by atoms with E-state index in [1.807, 2.05) is 65.2 Å². The lowest BCUT2D eigenvalue weighted by molar-refractivity contribution is -0.113. The summed E-state index contributed by atoms with van der Waals surface area (Å²) < 4.78 is 7.05. The second kappa shape index (κ2) is 8.14. The van der Waals surface area contributed by atoms with Crippen molar-refractivity contribution < 1.29 is 9.53 Å². The zero-order chi connectivity index (χ0) is 19.3. The Bertz CT molecular complexity index is 1090. The molecule has 28 heavy (non-hydrogen) atoms. The zero-order valence-electron chi connectivity index (χ0n) is 15.2. The van der Waals surface area contributed by atoms with Crippen LogP contribution in [0.1, 0.15) is 0 Å². The number of carbonyl (C=O) groups excluding carboxylic acids is 1. The lowest BCUT2D eigenvalue weighted by atomic mass is 10.3. The highest BCUT2D eigenvalue weighted by Crippen LogP contribution is 2.22. The van der Waals surface area contributed by atoms with Crippen LogP contribution in [-0.2, 0) is 4.79 Å². The van der Waals surface area contributed by atoms with Crippen molar-refractivity contribution in [2.45, 2.75) is 4.90 Å². The summed E-state index contributed by atoms with van der Waals surface area (Å²) in [4.78, 5) is 22.0. The highest BCUT2D eigenvalue weighted by Gasteiger charge is 2.07. The van der Waals surface area contributed by atoms with Gasteiger partial charge in [-0.25, -0.2) is 9.97 Å². The molecule has 4 rings (SSSR count). The van der Waals surface area contributed by atoms with Gasteiger partial charge in [0.15, 0.2) is 0 Å². The highest BCUT2D eigenvalue weighted by molar-refractivity contribution is 8.00. The predicted molar refractivity (Wildman–Crippen MR) is 111 cm³/mol. The molecule has 1 amide bonds. The number of pyridine rings is 1. The molecule has 0 unspecified atom stereocenters. The highest BCUT2D eigenvalue weighted by atomic mass is 32.2. The number of thioether (sulfide) groups is 1. The molecule has 0 saturated heterocycles. The average molecular weight is 390 g/mol. The van der Waals surface area contributed by atoms with Gasteiger partial charge >= 0.3 is 0 Å². The van der Waals surface area contributed by atoms with Crippen LogP contribution in [-0.4, -0.2) is 33.3 Å². The van der Waals surface area contributed by atoms with Crippen molar-refractivity contribution in [1.82, 2.24) is 14.5 Å². The summed E-state index contributed by atoms with van der Waals surface area (Å²) in [5.41, 5.74) is 2.56. The molecule has 0 aliphatic rings. The Kier molecular flexibility index (Phi) is 5.25. The van der Waals surface area contributed by atoms with E-state index in [0.717, 1.165) is 27.5 Å². The lowest BCUT2D eigenvalue weighted by Gasteiger charge is -2.07. The Morgan fingerprint density at radius 1 is 1.07 bits per heavy atom. The molecular formula is C21H18N4O2S. The molecule has 6 nitrogen and oxygen atoms in total. The normalized spacial score (nSPS) is 10.8. The maximum atomic E-state index is 12.2. The number of aromatic nitrogens is 3. The van der Waals surface area contributed by atoms with E-state index in [0.29, 0.717) is 11.4 Å². The summed E-state index contributed by atoms with van der Waals surface area (Å²) in [5.74, 6) is 1.79. The van der Waals surface area contributed by atoms with Crippen LogP contribution in [0.5, 0.6) is 5.75 Å². The van der Waals surface area contributed by atoms with Crippen molar-refractivity contribution in [1.29, 1.82) is 0 Å². The monoisotopic (exact) mass is 390 g/mol. The van der Waals surface area contributed by atoms with Crippen molar-refractivity contribution in [3.8, 4) is 11.6 Å². The smallest absolute Gasteiger partial charge is 0.234 e. The van der Waals surface area contributed by atoms with E-state index < -0.39 is 0 Å². The van der Waals surface area contributed by atoms with E-state index in [2.05, 4.69) is 15.3 Å². The van der Waals surface area contributed by atoms with Crippen LogP contribution in [0, 0.1) is 0 Å². The molecule has 0 saturated carbocycles. The Morgan fingerprint density at radius 2 is 1.89 bits per heavy atom. The number of nitrogens with one attached hydrogen (secondary N) is 1. The first kappa shape index (κ1) is 18.1. The van der Waals surface area contributed by atoms with E-state index in [4.69, 9.17) is 4.74 Å². The van der Waals surface area contributed by atoms with E-state index >= 15 is 0 Å². The molecule has 4 aromatic rings. The predicted octanol–water partition coefficient (Wildman–Crippen LogP) is 4.16. The fraction of sp³-hybridized carbons (Fsp3) is 0.0952. The Morgan fingerprint density at radius 3 is 2.64 bits per heavy atom. The molecular weight excluding hydrogens is 372 g/mol. The van der Waals surface area contributed by atoms with Gasteiger partial charge in [-0.3, -0.25) is 9.36 Å². The van der Waals surface area contributed by atoms with E-state index in [1.54, 1.807) is 19.6 Å². The second-order valence-electron chi connectivity index (χ2n) is 6.02. The van der Waals surface area contributed by atoms with Crippen molar-refractivity contribution in [3.05, 3.63) is 73.2 Å². The standard InChI is InChI=1S/C21H18N4O2S/c1-27-16-7-9-17(10-8-16)28-13-21(26)24-15-6-11-20(22-12-15)25-14-23-18-4-2-3-5-19(18)25/h2-12,14H,13H2,1H3,(H,24,26). The maximum absolute atomic E-state index is 12.2. The number of hydrogen-bond acceptors (Lipinski definition) is 5. The number of anilines is 1. The second-order valence-corrected chi connectivity index (χ2v) is 7.07. The molecule has 2 heterocycles. The molecule has 0 aliphatic heterocycles. The van der Waals surface area contributed by atoms with Crippen molar-refractivity contribution >= 4 is 34.4 Å². The fourth-order valence-electron chi connectivity index (χ4n) is 2.76. The maximum Gasteiger partial charge on any atom is 0.234 e. The molecule has 0 radical (unpaired) electrons. The summed E-state index contributed by atoms with van der Waals surface area (Å²) >= 11 is 1.47. The van der Waals surface area contributed by atoms with Crippen molar-refractivity contribution in [2.75, 3.05) is 18.2 Å². The number of amides is 1. The zero-order valence-corrected chi connectivity index (χ0v) is 16.0. The lowest BCUT2D eigenvalue weighted by Crippen LogP contribution is -2.14. The number of hydrogen-bond donors (Lipinski definition) is 1. The minimum atomic E-state index is -0.0801. The molecule has 0 atom stereocenters. The molecule has 7 heteroatoms. The Balaban J connectivity index is 1.38. The van der Waals surface area contributed by atoms with Gasteiger partial charge in [0.1, 0.15) is 17.9 Å². The first-order chi connectivity index (χ1) is 13.7. The number of fused-ring (bicyclic) bond motifs is 1. The molecule has 0 fully saturated rings. The number of rotatable bonds is 6. The number of carbonyl (C=O) groups is 1. The van der Waals surface area contributed by atoms with Crippen LogP contribution in [0.25, 0.3) is 16.9 Å². The number of methoxy groups -OCH3 is 1. The molecule has 0 aliphatic carbocycles. The van der Waals surface area contributed by atoms with Gasteiger partial charge in [-0.1, -0.05) is 12.1 Å². The van der Waals surface area contributed by atoms with Gasteiger partial charge in [0.05, 0.1) is 35.8 Å². The van der Waals surface area contributed by atoms with Crippen LogP contribution in [0.2, 0.25) is 0 Å². The first-order valence-electron chi connectivity index (χ1n) is 8.68. The number of imidazole rings is 1. The first-order valence-corrected chi connectivity index (χ1v) is 9.67. The Hall–Kier alpha value is -3.32. The average Bonchev–Trinajstić information content (AvgIpc) is 3.17. The molecule has 2 aromatic heterocycles. The summed E-state index contributed by atoms with van der Waals surface area (Å²) in [6, 6.07) is 19.2. The molecule has 0 bridgehead atoms. The SMILES string of the molecule is COc1ccc(SCC(=O)Nc2ccc(-n3cnc4ccccc43)nc2)cc1. The van der Waals surface area contributed by atoms with Crippen LogP contribution < -0.4 is 10.1 Å². The molecule has 1 N–H and O–H groups in total. The van der Waals surface area contributed by atoms with Gasteiger partial charge in [-0.05, 0) is 48.5 Å². The quantitative estimate of drug-likeness (QED) is 0.501. The molecule has 0 spiro atoms. The van der Waals surface area contributed by atoms with Crippen LogP contribution >= 0.6 is 11.8 Å². The third-order valence-electron chi connectivity index (χ3n) is 4.16. The van der Waals surface area contributed by atoms with Gasteiger partial charge in [0.25, 0.3) is 0 Å². The van der Waals surface area contributed by atoms with E-state index in [1.165, 1.54) is 11.8 Å². The summed E-state index contributed by atoms with van der Waals surface area (Å²) in [6.45, 7) is 0. The van der Waals surface area contributed by atoms with E-state index in [9.17, 15) is 4.79 Å².